The molecule has 1 saturated carbocycles. The minimum absolute atomic E-state index is 0.327. The number of halogens is 4. The third kappa shape index (κ3) is 3.63. The van der Waals surface area contributed by atoms with Crippen molar-refractivity contribution in [1.82, 2.24) is 9.71 Å². The first-order valence-corrected chi connectivity index (χ1v) is 10.2. The van der Waals surface area contributed by atoms with Crippen LogP contribution in [0.4, 0.5) is 17.6 Å². The highest BCUT2D eigenvalue weighted by Gasteiger charge is 2.42. The summed E-state index contributed by atoms with van der Waals surface area (Å²) < 4.78 is 80.2. The molecule has 2 aromatic rings. The van der Waals surface area contributed by atoms with E-state index >= 15 is 0 Å². The summed E-state index contributed by atoms with van der Waals surface area (Å²) in [5.41, 5.74) is -1.80. The molecule has 0 aliphatic heterocycles. The molecular weight excluding hydrogens is 392 g/mol. The zero-order chi connectivity index (χ0) is 19.2. The lowest BCUT2D eigenvalue weighted by Crippen LogP contribution is -2.43. The molecule has 0 radical (unpaired) electrons. The van der Waals surface area contributed by atoms with Gasteiger partial charge in [-0.25, -0.2) is 17.8 Å². The van der Waals surface area contributed by atoms with E-state index < -0.39 is 38.0 Å². The molecule has 1 aliphatic carbocycles. The minimum Gasteiger partial charge on any atom is -0.245 e. The highest BCUT2D eigenvalue weighted by molar-refractivity contribution is 7.89. The fourth-order valence-corrected chi connectivity index (χ4v) is 5.65. The Hall–Kier alpha value is -1.52. The van der Waals surface area contributed by atoms with Crippen molar-refractivity contribution in [3.63, 3.8) is 0 Å². The van der Waals surface area contributed by atoms with Crippen LogP contribution in [0.15, 0.2) is 28.5 Å². The number of hydrogen-bond donors (Lipinski definition) is 1. The van der Waals surface area contributed by atoms with Crippen LogP contribution in [-0.2, 0) is 21.7 Å². The summed E-state index contributed by atoms with van der Waals surface area (Å²) in [5.74, 6) is -1.51. The number of thiazole rings is 1. The second-order valence-corrected chi connectivity index (χ2v) is 8.87. The average molecular weight is 408 g/mol. The van der Waals surface area contributed by atoms with E-state index in [1.807, 2.05) is 0 Å². The van der Waals surface area contributed by atoms with Crippen LogP contribution in [0.1, 0.15) is 41.9 Å². The van der Waals surface area contributed by atoms with Gasteiger partial charge in [0.1, 0.15) is 10.8 Å². The maximum atomic E-state index is 13.5. The molecule has 1 aromatic heterocycles. The third-order valence-corrected chi connectivity index (χ3v) is 7.07. The normalized spacial score (nSPS) is 17.6. The number of alkyl halides is 3. The Kier molecular flexibility index (Phi) is 4.87. The van der Waals surface area contributed by atoms with Crippen molar-refractivity contribution in [2.75, 3.05) is 0 Å². The number of nitrogens with zero attached hydrogens (tertiary/aromatic N) is 1. The molecule has 0 bridgehead atoms. The van der Waals surface area contributed by atoms with E-state index in [4.69, 9.17) is 0 Å². The average Bonchev–Trinajstić information content (AvgIpc) is 3.16. The molecule has 3 rings (SSSR count). The van der Waals surface area contributed by atoms with Gasteiger partial charge in [0, 0.05) is 11.1 Å². The van der Waals surface area contributed by atoms with Gasteiger partial charge >= 0.3 is 6.18 Å². The van der Waals surface area contributed by atoms with E-state index in [9.17, 15) is 26.0 Å². The van der Waals surface area contributed by atoms with E-state index in [0.717, 1.165) is 24.6 Å². The Morgan fingerprint density at radius 3 is 2.42 bits per heavy atom. The van der Waals surface area contributed by atoms with Gasteiger partial charge in [-0.3, -0.25) is 0 Å². The highest BCUT2D eigenvalue weighted by Crippen LogP contribution is 2.41. The van der Waals surface area contributed by atoms with Crippen LogP contribution in [0.2, 0.25) is 0 Å². The fraction of sp³-hybridized carbons (Fsp3) is 0.438. The van der Waals surface area contributed by atoms with Crippen LogP contribution in [-0.4, -0.2) is 13.4 Å². The molecule has 0 amide bonds. The predicted molar refractivity (Wildman–Crippen MR) is 88.7 cm³/mol. The Balaban J connectivity index is 2.00. The SMILES string of the molecule is Cc1csc(C2(NS(=O)(=O)c3ccc(F)c(C(F)(F)F)c3)CCCC2)n1. The lowest BCUT2D eigenvalue weighted by Gasteiger charge is -2.28. The topological polar surface area (TPSA) is 59.1 Å². The monoisotopic (exact) mass is 408 g/mol. The standard InChI is InChI=1S/C16H16F4N2O2S2/c1-10-9-25-14(21-10)15(6-2-3-7-15)22-26(23,24)11-4-5-13(17)12(8-11)16(18,19)20/h4-5,8-9,22H,2-3,6-7H2,1H3. The van der Waals surface area contributed by atoms with Crippen molar-refractivity contribution in [2.45, 2.75) is 49.2 Å². The maximum Gasteiger partial charge on any atom is 0.419 e. The van der Waals surface area contributed by atoms with Gasteiger partial charge in [-0.15, -0.1) is 11.3 Å². The first-order valence-electron chi connectivity index (χ1n) is 7.87. The molecule has 0 unspecified atom stereocenters. The molecule has 0 atom stereocenters. The number of hydrogen-bond acceptors (Lipinski definition) is 4. The van der Waals surface area contributed by atoms with Crippen molar-refractivity contribution < 1.29 is 26.0 Å². The van der Waals surface area contributed by atoms with Crippen molar-refractivity contribution in [1.29, 1.82) is 0 Å². The summed E-state index contributed by atoms with van der Waals surface area (Å²) in [6.45, 7) is 1.78. The van der Waals surface area contributed by atoms with Gasteiger partial charge in [-0.1, -0.05) is 12.8 Å². The molecule has 10 heteroatoms. The number of rotatable bonds is 4. The molecule has 26 heavy (non-hydrogen) atoms. The van der Waals surface area contributed by atoms with Gasteiger partial charge in [-0.05, 0) is 38.0 Å². The van der Waals surface area contributed by atoms with Crippen LogP contribution in [0.25, 0.3) is 0 Å². The van der Waals surface area contributed by atoms with Crippen molar-refractivity contribution in [3.05, 3.63) is 45.7 Å². The summed E-state index contributed by atoms with van der Waals surface area (Å²) in [6.07, 6.45) is -2.41. The maximum absolute atomic E-state index is 13.5. The lowest BCUT2D eigenvalue weighted by atomic mass is 10.0. The van der Waals surface area contributed by atoms with E-state index in [1.165, 1.54) is 11.3 Å². The Morgan fingerprint density at radius 1 is 1.23 bits per heavy atom. The highest BCUT2D eigenvalue weighted by atomic mass is 32.2. The van der Waals surface area contributed by atoms with Crippen LogP contribution in [0.3, 0.4) is 0 Å². The zero-order valence-corrected chi connectivity index (χ0v) is 15.4. The number of sulfonamides is 1. The van der Waals surface area contributed by atoms with E-state index in [-0.39, 0.29) is 0 Å². The number of aryl methyl sites for hydroxylation is 1. The molecule has 1 aromatic carbocycles. The van der Waals surface area contributed by atoms with Crippen molar-refractivity contribution in [2.24, 2.45) is 0 Å². The second-order valence-electron chi connectivity index (χ2n) is 6.33. The van der Waals surface area contributed by atoms with Gasteiger partial charge in [0.25, 0.3) is 0 Å². The predicted octanol–water partition coefficient (Wildman–Crippen LogP) is 4.36. The molecule has 1 heterocycles. The number of benzene rings is 1. The third-order valence-electron chi connectivity index (χ3n) is 4.37. The summed E-state index contributed by atoms with van der Waals surface area (Å²) >= 11 is 1.31. The van der Waals surface area contributed by atoms with Gasteiger partial charge in [0.15, 0.2) is 0 Å². The molecule has 4 nitrogen and oxygen atoms in total. The molecule has 1 aliphatic rings. The smallest absolute Gasteiger partial charge is 0.245 e. The largest absolute Gasteiger partial charge is 0.419 e. The minimum atomic E-state index is -4.98. The van der Waals surface area contributed by atoms with Crippen molar-refractivity contribution >= 4 is 21.4 Å². The Morgan fingerprint density at radius 2 is 1.88 bits per heavy atom. The summed E-state index contributed by atoms with van der Waals surface area (Å²) in [6, 6.07) is 1.68. The van der Waals surface area contributed by atoms with Gasteiger partial charge in [0.2, 0.25) is 10.0 Å². The summed E-state index contributed by atoms with van der Waals surface area (Å²) in [5, 5.41) is 2.39. The number of aromatic nitrogens is 1. The first kappa shape index (κ1) is 19.2. The zero-order valence-electron chi connectivity index (χ0n) is 13.7. The quantitative estimate of drug-likeness (QED) is 0.765. The van der Waals surface area contributed by atoms with Crippen LogP contribution >= 0.6 is 11.3 Å². The van der Waals surface area contributed by atoms with Gasteiger partial charge in [0.05, 0.1) is 16.0 Å². The molecular formula is C16H16F4N2O2S2. The summed E-state index contributed by atoms with van der Waals surface area (Å²) in [7, 11) is -4.29. The Bertz CT molecular complexity index is 917. The van der Waals surface area contributed by atoms with Gasteiger partial charge < -0.3 is 0 Å². The van der Waals surface area contributed by atoms with Crippen LogP contribution in [0.5, 0.6) is 0 Å². The molecule has 142 valence electrons. The first-order chi connectivity index (χ1) is 12.0. The van der Waals surface area contributed by atoms with Crippen LogP contribution in [0, 0.1) is 12.7 Å². The Labute approximate surface area is 152 Å². The number of nitrogens with one attached hydrogen (secondary N) is 1. The van der Waals surface area contributed by atoms with E-state index in [2.05, 4.69) is 9.71 Å². The molecule has 0 saturated heterocycles. The fourth-order valence-electron chi connectivity index (χ4n) is 3.12. The van der Waals surface area contributed by atoms with E-state index in [0.29, 0.717) is 30.0 Å². The van der Waals surface area contributed by atoms with Crippen LogP contribution < -0.4 is 4.72 Å². The molecule has 1 fully saturated rings. The molecule has 1 N–H and O–H groups in total. The lowest BCUT2D eigenvalue weighted by molar-refractivity contribution is -0.140. The van der Waals surface area contributed by atoms with Gasteiger partial charge in [-0.2, -0.15) is 17.9 Å². The second kappa shape index (κ2) is 6.58. The summed E-state index contributed by atoms with van der Waals surface area (Å²) in [4.78, 5) is 3.75. The van der Waals surface area contributed by atoms with Crippen molar-refractivity contribution in [3.8, 4) is 0 Å². The molecule has 0 spiro atoms. The van der Waals surface area contributed by atoms with E-state index in [1.54, 1.807) is 12.3 Å².